The van der Waals surface area contributed by atoms with Gasteiger partial charge in [0.05, 0.1) is 0 Å². The van der Waals surface area contributed by atoms with E-state index >= 15 is 0 Å². The smallest absolute Gasteiger partial charge is 0.0479 e. The molecule has 1 rings (SSSR count). The highest BCUT2D eigenvalue weighted by atomic mass is 35.5. The lowest BCUT2D eigenvalue weighted by Crippen LogP contribution is -2.08. The Labute approximate surface area is 69.4 Å². The largest absolute Gasteiger partial charge is 0.0902 e. The average Bonchev–Trinajstić information content (AvgIpc) is 1.84. The number of hydrogen-bond acceptors (Lipinski definition) is 0. The molecule has 0 heterocycles. The van der Waals surface area contributed by atoms with E-state index < -0.39 is 0 Å². The van der Waals surface area contributed by atoms with Gasteiger partial charge in [0.2, 0.25) is 0 Å². The quantitative estimate of drug-likeness (QED) is 0.561. The zero-order chi connectivity index (χ0) is 7.72. The lowest BCUT2D eigenvalue weighted by molar-refractivity contribution is 1.57. The van der Waals surface area contributed by atoms with Crippen molar-refractivity contribution >= 4 is 36.4 Å². The summed E-state index contributed by atoms with van der Waals surface area (Å²) in [6.45, 7) is 7.36. The van der Waals surface area contributed by atoms with E-state index in [1.807, 2.05) is 0 Å². The second-order valence-corrected chi connectivity index (χ2v) is 2.85. The first-order valence-electron chi connectivity index (χ1n) is 2.74. The van der Waals surface area contributed by atoms with Gasteiger partial charge in [0.25, 0.3) is 0 Å². The molecular formula is C8H6Cl2. The van der Waals surface area contributed by atoms with E-state index in [-0.39, 0.29) is 0 Å². The Kier molecular flexibility index (Phi) is 2.02. The first-order chi connectivity index (χ1) is 4.61. The monoisotopic (exact) mass is 172 g/mol. The van der Waals surface area contributed by atoms with Crippen LogP contribution in [-0.4, -0.2) is 0 Å². The predicted molar refractivity (Wildman–Crippen MR) is 46.8 cm³/mol. The van der Waals surface area contributed by atoms with Crippen molar-refractivity contribution in [3.63, 3.8) is 0 Å². The van der Waals surface area contributed by atoms with E-state index in [1.165, 1.54) is 0 Å². The summed E-state index contributed by atoms with van der Waals surface area (Å²) in [6.07, 6.45) is 0. The van der Waals surface area contributed by atoms with Gasteiger partial charge in [-0.1, -0.05) is 36.4 Å². The molecule has 0 aromatic heterocycles. The van der Waals surface area contributed by atoms with Crippen LogP contribution < -0.4 is 10.4 Å². The van der Waals surface area contributed by atoms with Crippen molar-refractivity contribution in [2.45, 2.75) is 0 Å². The van der Waals surface area contributed by atoms with Crippen LogP contribution in [0.3, 0.4) is 0 Å². The normalized spacial score (nSPS) is 9.80. The fourth-order valence-electron chi connectivity index (χ4n) is 0.629. The number of hydrogen-bond donors (Lipinski definition) is 0. The fourth-order valence-corrected chi connectivity index (χ4v) is 1.00. The van der Waals surface area contributed by atoms with Crippen molar-refractivity contribution in [1.29, 1.82) is 0 Å². The number of benzene rings is 1. The lowest BCUT2D eigenvalue weighted by atomic mass is 10.3. The van der Waals surface area contributed by atoms with E-state index in [1.54, 1.807) is 12.1 Å². The third-order valence-corrected chi connectivity index (χ3v) is 1.92. The minimum absolute atomic E-state index is 0.606. The number of rotatable bonds is 0. The minimum Gasteiger partial charge on any atom is -0.0902 e. The van der Waals surface area contributed by atoms with Gasteiger partial charge in [-0.05, 0) is 22.6 Å². The summed E-state index contributed by atoms with van der Waals surface area (Å²) in [4.78, 5) is 0. The highest BCUT2D eigenvalue weighted by Crippen LogP contribution is 2.01. The van der Waals surface area contributed by atoms with Crippen LogP contribution >= 0.6 is 23.2 Å². The molecule has 0 N–H and O–H groups in total. The molecular weight excluding hydrogens is 167 g/mol. The van der Waals surface area contributed by atoms with Crippen LogP contribution in [-0.2, 0) is 0 Å². The molecule has 0 unspecified atom stereocenters. The van der Waals surface area contributed by atoms with Gasteiger partial charge in [-0.15, -0.1) is 0 Å². The average molecular weight is 173 g/mol. The van der Waals surface area contributed by atoms with Crippen LogP contribution in [0.1, 0.15) is 0 Å². The van der Waals surface area contributed by atoms with Crippen molar-refractivity contribution in [1.82, 2.24) is 0 Å². The molecule has 0 atom stereocenters. The van der Waals surface area contributed by atoms with Gasteiger partial charge in [0.15, 0.2) is 0 Å². The summed E-state index contributed by atoms with van der Waals surface area (Å²) >= 11 is 11.4. The van der Waals surface area contributed by atoms with Crippen molar-refractivity contribution < 1.29 is 0 Å². The molecule has 0 radical (unpaired) electrons. The first-order valence-corrected chi connectivity index (χ1v) is 3.50. The van der Waals surface area contributed by atoms with Gasteiger partial charge >= 0.3 is 0 Å². The Morgan fingerprint density at radius 1 is 0.900 bits per heavy atom. The maximum Gasteiger partial charge on any atom is 0.0479 e. The number of halogens is 2. The third kappa shape index (κ3) is 1.34. The van der Waals surface area contributed by atoms with Gasteiger partial charge in [0, 0.05) is 10.0 Å². The van der Waals surface area contributed by atoms with Crippen molar-refractivity contribution in [3.8, 4) is 0 Å². The molecule has 0 fully saturated rings. The van der Waals surface area contributed by atoms with E-state index in [2.05, 4.69) is 13.2 Å². The molecule has 1 aromatic rings. The van der Waals surface area contributed by atoms with E-state index in [0.717, 1.165) is 10.4 Å². The summed E-state index contributed by atoms with van der Waals surface area (Å²) in [6, 6.07) is 3.40. The van der Waals surface area contributed by atoms with Crippen molar-refractivity contribution in [3.05, 3.63) is 32.6 Å². The molecule has 1 aromatic carbocycles. The Hall–Kier alpha value is -0.460. The molecule has 0 saturated heterocycles. The summed E-state index contributed by atoms with van der Waals surface area (Å²) in [7, 11) is 0. The van der Waals surface area contributed by atoms with Crippen molar-refractivity contribution in [2.24, 2.45) is 0 Å². The summed E-state index contributed by atoms with van der Waals surface area (Å²) in [5, 5.41) is 2.68. The van der Waals surface area contributed by atoms with Crippen LogP contribution in [0.4, 0.5) is 0 Å². The zero-order valence-electron chi connectivity index (χ0n) is 5.32. The van der Waals surface area contributed by atoms with Crippen LogP contribution in [0.25, 0.3) is 13.2 Å². The topological polar surface area (TPSA) is 0 Å². The maximum absolute atomic E-state index is 5.72. The third-order valence-electron chi connectivity index (χ3n) is 1.22. The van der Waals surface area contributed by atoms with Crippen molar-refractivity contribution in [2.75, 3.05) is 0 Å². The summed E-state index contributed by atoms with van der Waals surface area (Å²) < 4.78 is 0. The van der Waals surface area contributed by atoms with Crippen LogP contribution in [0, 0.1) is 0 Å². The molecule has 0 bridgehead atoms. The minimum atomic E-state index is 0.606. The highest BCUT2D eigenvalue weighted by Gasteiger charge is 1.91. The Bertz CT molecular complexity index is 305. The van der Waals surface area contributed by atoms with Gasteiger partial charge < -0.3 is 0 Å². The standard InChI is InChI=1S/C8H6Cl2/c1-5-3-8(10)6(2)4-7(5)9/h3-4H,1-2H2. The lowest BCUT2D eigenvalue weighted by Gasteiger charge is -1.92. The summed E-state index contributed by atoms with van der Waals surface area (Å²) in [5.74, 6) is 0. The van der Waals surface area contributed by atoms with Gasteiger partial charge in [0.1, 0.15) is 0 Å². The fraction of sp³-hybridized carbons (Fsp3) is 0. The molecule has 0 aliphatic rings. The van der Waals surface area contributed by atoms with Gasteiger partial charge in [-0.2, -0.15) is 0 Å². The summed E-state index contributed by atoms with van der Waals surface area (Å²) in [5.41, 5.74) is 0. The zero-order valence-corrected chi connectivity index (χ0v) is 6.84. The molecule has 0 amide bonds. The Morgan fingerprint density at radius 3 is 1.50 bits per heavy atom. The molecule has 0 saturated carbocycles. The predicted octanol–water partition coefficient (Wildman–Crippen LogP) is 1.81. The molecule has 0 aliphatic heterocycles. The van der Waals surface area contributed by atoms with Crippen LogP contribution in [0.2, 0.25) is 10.0 Å². The maximum atomic E-state index is 5.72. The molecule has 10 heavy (non-hydrogen) atoms. The van der Waals surface area contributed by atoms with Gasteiger partial charge in [-0.3, -0.25) is 0 Å². The van der Waals surface area contributed by atoms with Gasteiger partial charge in [-0.25, -0.2) is 0 Å². The van der Waals surface area contributed by atoms with Crippen LogP contribution in [0.15, 0.2) is 12.1 Å². The SMILES string of the molecule is C=c1cc(Cl)c(=C)cc1Cl. The second kappa shape index (κ2) is 2.65. The van der Waals surface area contributed by atoms with E-state index in [9.17, 15) is 0 Å². The molecule has 0 nitrogen and oxygen atoms in total. The molecule has 0 aliphatic carbocycles. The second-order valence-electron chi connectivity index (χ2n) is 2.04. The van der Waals surface area contributed by atoms with E-state index in [0.29, 0.717) is 10.0 Å². The Balaban J connectivity index is 3.59. The Morgan fingerprint density at radius 2 is 1.20 bits per heavy atom. The first kappa shape index (κ1) is 7.64. The highest BCUT2D eigenvalue weighted by molar-refractivity contribution is 6.33. The molecule has 0 spiro atoms. The van der Waals surface area contributed by atoms with Crippen LogP contribution in [0.5, 0.6) is 0 Å². The molecule has 52 valence electrons. The van der Waals surface area contributed by atoms with E-state index in [4.69, 9.17) is 23.2 Å². The molecule has 2 heteroatoms.